The first-order chi connectivity index (χ1) is 6.02. The summed E-state index contributed by atoms with van der Waals surface area (Å²) in [6.07, 6.45) is -0.0941. The van der Waals surface area contributed by atoms with E-state index in [9.17, 15) is 9.90 Å². The molecule has 0 amide bonds. The second-order valence-corrected chi connectivity index (χ2v) is 2.89. The van der Waals surface area contributed by atoms with Crippen LogP contribution in [0.15, 0.2) is 30.3 Å². The molecule has 0 radical (unpaired) electrons. The van der Waals surface area contributed by atoms with Crippen LogP contribution in [0.4, 0.5) is 0 Å². The van der Waals surface area contributed by atoms with Crippen LogP contribution < -0.4 is 5.73 Å². The number of aliphatic carboxylic acids is 1. The molecule has 0 saturated heterocycles. The average molecular weight is 181 g/mol. The first-order valence-corrected chi connectivity index (χ1v) is 3.81. The highest BCUT2D eigenvalue weighted by molar-refractivity contribution is 5.76. The fourth-order valence-electron chi connectivity index (χ4n) is 0.983. The number of nitrogens with two attached hydrogens (primary N) is 1. The molecule has 70 valence electrons. The molecule has 0 heterocycles. The minimum Gasteiger partial charge on any atom is -0.478 e. The van der Waals surface area contributed by atoms with Gasteiger partial charge in [0.15, 0.2) is 0 Å². The van der Waals surface area contributed by atoms with Crippen molar-refractivity contribution in [2.45, 2.75) is 12.1 Å². The highest BCUT2D eigenvalue weighted by atomic mass is 16.4. The number of benzene rings is 1. The highest BCUT2D eigenvalue weighted by Crippen LogP contribution is 2.08. The molecule has 0 spiro atoms. The summed E-state index contributed by atoms with van der Waals surface area (Å²) in [6, 6.07) is 8.74. The van der Waals surface area contributed by atoms with Gasteiger partial charge in [0.05, 0.1) is 0 Å². The molecule has 4 nitrogen and oxygen atoms in total. The molecule has 1 aromatic carbocycles. The van der Waals surface area contributed by atoms with Crippen LogP contribution in [0.5, 0.6) is 0 Å². The Hall–Kier alpha value is -1.39. The van der Waals surface area contributed by atoms with Gasteiger partial charge in [0.1, 0.15) is 0 Å². The van der Waals surface area contributed by atoms with Crippen LogP contribution in [0.1, 0.15) is 5.56 Å². The third-order valence-corrected chi connectivity index (χ3v) is 1.69. The molecule has 1 atom stereocenters. The Bertz CT molecular complexity index is 295. The van der Waals surface area contributed by atoms with Crippen LogP contribution in [-0.4, -0.2) is 21.9 Å². The van der Waals surface area contributed by atoms with Gasteiger partial charge in [-0.25, -0.2) is 4.79 Å². The van der Waals surface area contributed by atoms with Crippen molar-refractivity contribution in [3.8, 4) is 0 Å². The molecular formula is C9H11NO3. The molecule has 13 heavy (non-hydrogen) atoms. The maximum absolute atomic E-state index is 10.5. The summed E-state index contributed by atoms with van der Waals surface area (Å²) in [5.41, 5.74) is 3.66. The molecule has 4 N–H and O–H groups in total. The lowest BCUT2D eigenvalue weighted by atomic mass is 10.0. The van der Waals surface area contributed by atoms with E-state index in [4.69, 9.17) is 10.8 Å². The van der Waals surface area contributed by atoms with E-state index in [2.05, 4.69) is 0 Å². The lowest BCUT2D eigenvalue weighted by Gasteiger charge is -2.17. The lowest BCUT2D eigenvalue weighted by Crippen LogP contribution is -2.49. The fourth-order valence-corrected chi connectivity index (χ4v) is 0.983. The third-order valence-electron chi connectivity index (χ3n) is 1.69. The molecule has 0 aliphatic heterocycles. The molecule has 0 aliphatic carbocycles. The first-order valence-electron chi connectivity index (χ1n) is 3.81. The van der Waals surface area contributed by atoms with E-state index in [1.54, 1.807) is 30.3 Å². The van der Waals surface area contributed by atoms with E-state index < -0.39 is 11.7 Å². The number of hydrogen-bond donors (Lipinski definition) is 3. The third kappa shape index (κ3) is 2.54. The topological polar surface area (TPSA) is 83.5 Å². The zero-order chi connectivity index (χ0) is 9.90. The summed E-state index contributed by atoms with van der Waals surface area (Å²) < 4.78 is 0. The molecule has 0 unspecified atom stereocenters. The largest absolute Gasteiger partial charge is 0.478 e. The minimum atomic E-state index is -2.18. The van der Waals surface area contributed by atoms with Crippen molar-refractivity contribution in [1.29, 1.82) is 0 Å². The SMILES string of the molecule is N[C@](O)(Cc1ccccc1)C(=O)O. The molecule has 0 fully saturated rings. The van der Waals surface area contributed by atoms with E-state index in [0.717, 1.165) is 0 Å². The van der Waals surface area contributed by atoms with Crippen molar-refractivity contribution in [1.82, 2.24) is 0 Å². The number of carboxylic acids is 1. The van der Waals surface area contributed by atoms with Gasteiger partial charge in [-0.05, 0) is 5.56 Å². The standard InChI is InChI=1S/C9H11NO3/c10-9(13,8(11)12)6-7-4-2-1-3-5-7/h1-5,13H,6,10H2,(H,11,12)/t9-/m0/s1. The van der Waals surface area contributed by atoms with Gasteiger partial charge in [-0.2, -0.15) is 0 Å². The maximum Gasteiger partial charge on any atom is 0.351 e. The molecule has 1 aromatic rings. The van der Waals surface area contributed by atoms with Gasteiger partial charge in [0.2, 0.25) is 5.72 Å². The summed E-state index contributed by atoms with van der Waals surface area (Å²) in [5.74, 6) is -1.42. The number of aliphatic hydroxyl groups is 1. The van der Waals surface area contributed by atoms with Crippen molar-refractivity contribution in [2.75, 3.05) is 0 Å². The predicted molar refractivity (Wildman–Crippen MR) is 46.9 cm³/mol. The number of rotatable bonds is 3. The summed E-state index contributed by atoms with van der Waals surface area (Å²) in [6.45, 7) is 0. The van der Waals surface area contributed by atoms with Gasteiger partial charge in [-0.15, -0.1) is 0 Å². The van der Waals surface area contributed by atoms with Gasteiger partial charge >= 0.3 is 5.97 Å². The highest BCUT2D eigenvalue weighted by Gasteiger charge is 2.30. The zero-order valence-corrected chi connectivity index (χ0v) is 6.97. The summed E-state index contributed by atoms with van der Waals surface area (Å²) >= 11 is 0. The fraction of sp³-hybridized carbons (Fsp3) is 0.222. The van der Waals surface area contributed by atoms with Gasteiger partial charge in [-0.1, -0.05) is 30.3 Å². The second-order valence-electron chi connectivity index (χ2n) is 2.89. The van der Waals surface area contributed by atoms with Gasteiger partial charge in [0.25, 0.3) is 0 Å². The Labute approximate surface area is 75.6 Å². The Kier molecular flexibility index (Phi) is 2.65. The summed E-state index contributed by atoms with van der Waals surface area (Å²) in [5, 5.41) is 17.8. The van der Waals surface area contributed by atoms with Gasteiger partial charge in [-0.3, -0.25) is 5.73 Å². The molecule has 0 saturated carbocycles. The van der Waals surface area contributed by atoms with E-state index in [-0.39, 0.29) is 6.42 Å². The summed E-state index contributed by atoms with van der Waals surface area (Å²) in [4.78, 5) is 10.5. The predicted octanol–water partition coefficient (Wildman–Crippen LogP) is -0.0390. The van der Waals surface area contributed by atoms with E-state index in [0.29, 0.717) is 5.56 Å². The van der Waals surface area contributed by atoms with Crippen molar-refractivity contribution < 1.29 is 15.0 Å². The van der Waals surface area contributed by atoms with Gasteiger partial charge < -0.3 is 10.2 Å². The molecule has 1 rings (SSSR count). The number of carboxylic acid groups (broad SMARTS) is 1. The molecular weight excluding hydrogens is 170 g/mol. The van der Waals surface area contributed by atoms with Crippen molar-refractivity contribution in [2.24, 2.45) is 5.73 Å². The smallest absolute Gasteiger partial charge is 0.351 e. The molecule has 0 aliphatic rings. The monoisotopic (exact) mass is 181 g/mol. The normalized spacial score (nSPS) is 14.9. The maximum atomic E-state index is 10.5. The van der Waals surface area contributed by atoms with Crippen molar-refractivity contribution in [3.63, 3.8) is 0 Å². The Morgan fingerprint density at radius 2 is 1.92 bits per heavy atom. The van der Waals surface area contributed by atoms with E-state index in [1.807, 2.05) is 0 Å². The average Bonchev–Trinajstić information content (AvgIpc) is 2.05. The quantitative estimate of drug-likeness (QED) is 0.571. The minimum absolute atomic E-state index is 0.0941. The van der Waals surface area contributed by atoms with Crippen LogP contribution >= 0.6 is 0 Å². The molecule has 0 aromatic heterocycles. The lowest BCUT2D eigenvalue weighted by molar-refractivity contribution is -0.157. The van der Waals surface area contributed by atoms with Crippen molar-refractivity contribution >= 4 is 5.97 Å². The van der Waals surface area contributed by atoms with Gasteiger partial charge in [0, 0.05) is 6.42 Å². The Balaban J connectivity index is 2.75. The molecule has 0 bridgehead atoms. The van der Waals surface area contributed by atoms with Crippen LogP contribution in [0.2, 0.25) is 0 Å². The Morgan fingerprint density at radius 3 is 2.38 bits per heavy atom. The van der Waals surface area contributed by atoms with Crippen LogP contribution in [0, 0.1) is 0 Å². The molecule has 4 heteroatoms. The number of hydrogen-bond acceptors (Lipinski definition) is 3. The Morgan fingerprint density at radius 1 is 1.38 bits per heavy atom. The van der Waals surface area contributed by atoms with Crippen molar-refractivity contribution in [3.05, 3.63) is 35.9 Å². The summed E-state index contributed by atoms with van der Waals surface area (Å²) in [7, 11) is 0. The zero-order valence-electron chi connectivity index (χ0n) is 6.97. The van der Waals surface area contributed by atoms with Crippen LogP contribution in [-0.2, 0) is 11.2 Å². The van der Waals surface area contributed by atoms with Crippen LogP contribution in [0.25, 0.3) is 0 Å². The number of carbonyl (C=O) groups is 1. The second kappa shape index (κ2) is 3.55. The van der Waals surface area contributed by atoms with E-state index >= 15 is 0 Å². The first kappa shape index (κ1) is 9.70. The van der Waals surface area contributed by atoms with E-state index in [1.165, 1.54) is 0 Å². The van der Waals surface area contributed by atoms with Crippen LogP contribution in [0.3, 0.4) is 0 Å².